The van der Waals surface area contributed by atoms with Gasteiger partial charge in [-0.05, 0) is 71.3 Å². The van der Waals surface area contributed by atoms with Gasteiger partial charge in [-0.25, -0.2) is 9.97 Å². The van der Waals surface area contributed by atoms with Crippen LogP contribution in [0.15, 0.2) is 194 Å². The van der Waals surface area contributed by atoms with Gasteiger partial charge in [-0.3, -0.25) is 4.98 Å². The second kappa shape index (κ2) is 13.3. The van der Waals surface area contributed by atoms with E-state index in [1.165, 1.54) is 5.56 Å². The summed E-state index contributed by atoms with van der Waals surface area (Å²) < 4.78 is 6.41. The van der Waals surface area contributed by atoms with Crippen molar-refractivity contribution < 1.29 is 4.74 Å². The zero-order chi connectivity index (χ0) is 35.8. The molecule has 1 aliphatic rings. The van der Waals surface area contributed by atoms with Crippen molar-refractivity contribution in [2.45, 2.75) is 0 Å². The molecule has 5 nitrogen and oxygen atoms in total. The molecule has 9 aromatic rings. The molecule has 0 saturated carbocycles. The number of pyridine rings is 1. The largest absolute Gasteiger partial charge is 0.453 e. The monoisotopic (exact) mass is 692 g/mol. The minimum Gasteiger partial charge on any atom is -0.453 e. The van der Waals surface area contributed by atoms with E-state index >= 15 is 0 Å². The minimum atomic E-state index is 0.663. The molecule has 0 aliphatic carbocycles. The maximum atomic E-state index is 6.41. The Labute approximate surface area is 313 Å². The van der Waals surface area contributed by atoms with Crippen LogP contribution in [0.3, 0.4) is 0 Å². The predicted molar refractivity (Wildman–Crippen MR) is 219 cm³/mol. The molecule has 0 amide bonds. The summed E-state index contributed by atoms with van der Waals surface area (Å²) in [7, 11) is 0. The van der Waals surface area contributed by atoms with E-state index in [0.717, 1.165) is 84.2 Å². The number of ether oxygens (including phenoxy) is 1. The number of aromatic nitrogens is 3. The topological polar surface area (TPSA) is 51.1 Å². The van der Waals surface area contributed by atoms with Gasteiger partial charge in [0.25, 0.3) is 0 Å². The van der Waals surface area contributed by atoms with Gasteiger partial charge < -0.3 is 9.64 Å². The minimum absolute atomic E-state index is 0.663. The highest BCUT2D eigenvalue weighted by molar-refractivity contribution is 5.97. The van der Waals surface area contributed by atoms with Crippen LogP contribution in [0.1, 0.15) is 0 Å². The van der Waals surface area contributed by atoms with E-state index in [9.17, 15) is 0 Å². The fraction of sp³-hybridized carbons (Fsp3) is 0. The molecule has 0 fully saturated rings. The molecule has 0 radical (unpaired) electrons. The van der Waals surface area contributed by atoms with Crippen LogP contribution in [0.5, 0.6) is 11.5 Å². The Morgan fingerprint density at radius 1 is 0.407 bits per heavy atom. The SMILES string of the molecule is c1ccc(-c2ccc(-c3cc(-c4cc(-c5cccc6cccnc56)cc(N5c6ccccc6Oc6ccccc65)c4)nc(-c4ccccc4)n3)cc2)cc1. The number of hydrogen-bond acceptors (Lipinski definition) is 5. The number of hydrogen-bond donors (Lipinski definition) is 0. The summed E-state index contributed by atoms with van der Waals surface area (Å²) in [4.78, 5) is 17.5. The number of nitrogens with zero attached hydrogens (tertiary/aromatic N) is 4. The van der Waals surface area contributed by atoms with Crippen molar-refractivity contribution >= 4 is 28.0 Å². The molecule has 10 rings (SSSR count). The highest BCUT2D eigenvalue weighted by atomic mass is 16.5. The maximum Gasteiger partial charge on any atom is 0.160 e. The van der Waals surface area contributed by atoms with Gasteiger partial charge in [0.05, 0.1) is 28.3 Å². The lowest BCUT2D eigenvalue weighted by molar-refractivity contribution is 0.477. The Balaban J connectivity index is 1.20. The van der Waals surface area contributed by atoms with Crippen LogP contribution in [0.2, 0.25) is 0 Å². The number of para-hydroxylation sites is 5. The van der Waals surface area contributed by atoms with Gasteiger partial charge in [0.15, 0.2) is 17.3 Å². The molecular weight excluding hydrogens is 661 g/mol. The van der Waals surface area contributed by atoms with Crippen molar-refractivity contribution in [3.8, 4) is 67.7 Å². The van der Waals surface area contributed by atoms with Gasteiger partial charge in [0.1, 0.15) is 0 Å². The third kappa shape index (κ3) is 5.74. The highest BCUT2D eigenvalue weighted by Gasteiger charge is 2.26. The molecule has 0 unspecified atom stereocenters. The zero-order valence-corrected chi connectivity index (χ0v) is 29.2. The van der Waals surface area contributed by atoms with Gasteiger partial charge in [-0.15, -0.1) is 0 Å². The van der Waals surface area contributed by atoms with Gasteiger partial charge in [-0.2, -0.15) is 0 Å². The van der Waals surface area contributed by atoms with E-state index in [1.54, 1.807) is 0 Å². The molecule has 0 atom stereocenters. The van der Waals surface area contributed by atoms with Crippen LogP contribution in [0.25, 0.3) is 67.1 Å². The summed E-state index contributed by atoms with van der Waals surface area (Å²) >= 11 is 0. The number of rotatable bonds is 6. The fourth-order valence-corrected chi connectivity index (χ4v) is 7.29. The molecule has 0 spiro atoms. The van der Waals surface area contributed by atoms with Crippen LogP contribution >= 0.6 is 0 Å². The van der Waals surface area contributed by atoms with E-state index in [-0.39, 0.29) is 0 Å². The quantitative estimate of drug-likeness (QED) is 0.174. The van der Waals surface area contributed by atoms with Crippen molar-refractivity contribution in [3.63, 3.8) is 0 Å². The Morgan fingerprint density at radius 3 is 1.70 bits per heavy atom. The third-order valence-corrected chi connectivity index (χ3v) is 9.89. The molecule has 1 aliphatic heterocycles. The fourth-order valence-electron chi connectivity index (χ4n) is 7.29. The highest BCUT2D eigenvalue weighted by Crippen LogP contribution is 2.51. The van der Waals surface area contributed by atoms with Crippen molar-refractivity contribution in [2.75, 3.05) is 4.90 Å². The van der Waals surface area contributed by atoms with Gasteiger partial charge in [0, 0.05) is 39.5 Å². The van der Waals surface area contributed by atoms with Crippen molar-refractivity contribution in [1.82, 2.24) is 15.0 Å². The van der Waals surface area contributed by atoms with Crippen LogP contribution in [-0.2, 0) is 0 Å². The summed E-state index contributed by atoms with van der Waals surface area (Å²) in [5.41, 5.74) is 12.8. The van der Waals surface area contributed by atoms with E-state index < -0.39 is 0 Å². The molecule has 7 aromatic carbocycles. The first kappa shape index (κ1) is 31.4. The third-order valence-electron chi connectivity index (χ3n) is 9.89. The second-order valence-electron chi connectivity index (χ2n) is 13.3. The lowest BCUT2D eigenvalue weighted by atomic mass is 9.96. The van der Waals surface area contributed by atoms with E-state index in [2.05, 4.69) is 138 Å². The normalized spacial score (nSPS) is 11.8. The molecular formula is C49H32N4O. The van der Waals surface area contributed by atoms with Crippen molar-refractivity contribution in [2.24, 2.45) is 0 Å². The molecule has 0 bridgehead atoms. The number of anilines is 3. The average Bonchev–Trinajstić information content (AvgIpc) is 3.25. The van der Waals surface area contributed by atoms with Gasteiger partial charge in [-0.1, -0.05) is 133 Å². The van der Waals surface area contributed by atoms with Crippen LogP contribution < -0.4 is 9.64 Å². The summed E-state index contributed by atoms with van der Waals surface area (Å²) in [5.74, 6) is 2.25. The first-order valence-corrected chi connectivity index (χ1v) is 18.0. The van der Waals surface area contributed by atoms with Crippen molar-refractivity contribution in [1.29, 1.82) is 0 Å². The lowest BCUT2D eigenvalue weighted by Gasteiger charge is -2.33. The number of benzene rings is 7. The summed E-state index contributed by atoms with van der Waals surface area (Å²) in [6.07, 6.45) is 1.86. The Bertz CT molecular complexity index is 2750. The van der Waals surface area contributed by atoms with Gasteiger partial charge >= 0.3 is 0 Å². The molecule has 54 heavy (non-hydrogen) atoms. The molecule has 2 aromatic heterocycles. The van der Waals surface area contributed by atoms with Crippen LogP contribution in [0, 0.1) is 0 Å². The summed E-state index contributed by atoms with van der Waals surface area (Å²) in [5, 5.41) is 1.08. The molecule has 3 heterocycles. The molecule has 0 saturated heterocycles. The molecule has 0 N–H and O–H groups in total. The maximum absolute atomic E-state index is 6.41. The van der Waals surface area contributed by atoms with E-state index in [4.69, 9.17) is 19.7 Å². The summed E-state index contributed by atoms with van der Waals surface area (Å²) in [6, 6.07) is 64.8. The molecule has 254 valence electrons. The zero-order valence-electron chi connectivity index (χ0n) is 29.2. The van der Waals surface area contributed by atoms with Gasteiger partial charge in [0.2, 0.25) is 0 Å². The van der Waals surface area contributed by atoms with E-state index in [1.807, 2.05) is 60.8 Å². The average molecular weight is 693 g/mol. The number of fused-ring (bicyclic) bond motifs is 3. The Hall–Kier alpha value is -7.37. The van der Waals surface area contributed by atoms with Crippen LogP contribution in [0.4, 0.5) is 17.1 Å². The summed E-state index contributed by atoms with van der Waals surface area (Å²) in [6.45, 7) is 0. The lowest BCUT2D eigenvalue weighted by Crippen LogP contribution is -2.15. The predicted octanol–water partition coefficient (Wildman–Crippen LogP) is 12.9. The van der Waals surface area contributed by atoms with Crippen molar-refractivity contribution in [3.05, 3.63) is 194 Å². The molecule has 5 heteroatoms. The Kier molecular flexibility index (Phi) is 7.73. The Morgan fingerprint density at radius 2 is 0.981 bits per heavy atom. The van der Waals surface area contributed by atoms with E-state index in [0.29, 0.717) is 5.82 Å². The van der Waals surface area contributed by atoms with Crippen LogP contribution in [-0.4, -0.2) is 15.0 Å². The first-order valence-electron chi connectivity index (χ1n) is 18.0. The first-order chi connectivity index (χ1) is 26.7. The smallest absolute Gasteiger partial charge is 0.160 e. The second-order valence-corrected chi connectivity index (χ2v) is 13.3. The standard InChI is InChI=1S/C49H32N4O/c1-3-13-33(14-4-1)34-24-26-35(27-25-34)42-32-43(52-49(51-42)37-15-5-2-6-16-37)39-29-38(41-19-11-17-36-18-12-28-50-48(36)41)30-40(31-39)53-44-20-7-9-22-46(44)54-47-23-10-8-21-45(47)53/h1-32H.